The van der Waals surface area contributed by atoms with E-state index in [1.165, 1.54) is 10.4 Å². The molecule has 0 spiro atoms. The second kappa shape index (κ2) is 8.51. The number of hydrogen-bond acceptors (Lipinski definition) is 3. The van der Waals surface area contributed by atoms with Gasteiger partial charge in [0.1, 0.15) is 0 Å². The molecule has 0 atom stereocenters. The molecule has 138 valence electrons. The van der Waals surface area contributed by atoms with Gasteiger partial charge in [-0.3, -0.25) is 0 Å². The molecule has 4 nitrogen and oxygen atoms in total. The van der Waals surface area contributed by atoms with E-state index >= 15 is 0 Å². The van der Waals surface area contributed by atoms with E-state index in [9.17, 15) is 21.6 Å². The van der Waals surface area contributed by atoms with E-state index < -0.39 is 21.8 Å². The summed E-state index contributed by atoms with van der Waals surface area (Å²) >= 11 is 0. The van der Waals surface area contributed by atoms with Gasteiger partial charge in [0.2, 0.25) is 10.0 Å². The third-order valence-electron chi connectivity index (χ3n) is 4.06. The molecule has 1 aliphatic heterocycles. The highest BCUT2D eigenvalue weighted by molar-refractivity contribution is 7.89. The highest BCUT2D eigenvalue weighted by Gasteiger charge is 2.34. The van der Waals surface area contributed by atoms with Gasteiger partial charge in [-0.25, -0.2) is 8.42 Å². The number of hydrogen-bond donors (Lipinski definition) is 1. The number of piperidine rings is 1. The molecule has 0 amide bonds. The van der Waals surface area contributed by atoms with E-state index in [0.717, 1.165) is 25.2 Å². The Labute approximate surface area is 146 Å². The largest absolute Gasteiger partial charge is 0.416 e. The third kappa shape index (κ3) is 5.08. The lowest BCUT2D eigenvalue weighted by Gasteiger charge is -2.31. The Kier molecular flexibility index (Phi) is 7.52. The SMILES string of the molecule is CCNCC1CCN(S(=O)(=O)c2cccc(C(F)(F)F)c2)CC1.Cl. The van der Waals surface area contributed by atoms with Crippen molar-refractivity contribution in [3.63, 3.8) is 0 Å². The van der Waals surface area contributed by atoms with E-state index in [-0.39, 0.29) is 17.3 Å². The highest BCUT2D eigenvalue weighted by Crippen LogP contribution is 2.31. The number of rotatable bonds is 5. The normalized spacial score (nSPS) is 17.5. The van der Waals surface area contributed by atoms with E-state index in [2.05, 4.69) is 5.32 Å². The van der Waals surface area contributed by atoms with Gasteiger partial charge in [-0.2, -0.15) is 17.5 Å². The van der Waals surface area contributed by atoms with E-state index in [1.807, 2.05) is 6.92 Å². The highest BCUT2D eigenvalue weighted by atomic mass is 35.5. The lowest BCUT2D eigenvalue weighted by atomic mass is 9.98. The molecule has 1 aromatic carbocycles. The van der Waals surface area contributed by atoms with Gasteiger partial charge in [-0.05, 0) is 50.0 Å². The third-order valence-corrected chi connectivity index (χ3v) is 5.95. The zero-order valence-electron chi connectivity index (χ0n) is 13.3. The van der Waals surface area contributed by atoms with Gasteiger partial charge in [0.05, 0.1) is 10.5 Å². The summed E-state index contributed by atoms with van der Waals surface area (Å²) in [7, 11) is -3.88. The molecule has 0 radical (unpaired) electrons. The van der Waals surface area contributed by atoms with Gasteiger partial charge in [0, 0.05) is 13.1 Å². The van der Waals surface area contributed by atoms with Crippen LogP contribution in [-0.4, -0.2) is 38.9 Å². The average Bonchev–Trinajstić information content (AvgIpc) is 2.52. The maximum Gasteiger partial charge on any atom is 0.416 e. The maximum absolute atomic E-state index is 12.8. The molecule has 0 aromatic heterocycles. The van der Waals surface area contributed by atoms with Crippen LogP contribution in [0.15, 0.2) is 29.2 Å². The number of halogens is 4. The van der Waals surface area contributed by atoms with Crippen molar-refractivity contribution in [3.05, 3.63) is 29.8 Å². The predicted molar refractivity (Wildman–Crippen MR) is 88.7 cm³/mol. The molecule has 1 saturated heterocycles. The van der Waals surface area contributed by atoms with Crippen LogP contribution in [0, 0.1) is 5.92 Å². The summed E-state index contributed by atoms with van der Waals surface area (Å²) in [5, 5.41) is 3.23. The molecule has 0 unspecified atom stereocenters. The Morgan fingerprint density at radius 2 is 1.88 bits per heavy atom. The van der Waals surface area contributed by atoms with Crippen LogP contribution in [0.4, 0.5) is 13.2 Å². The first kappa shape index (κ1) is 21.2. The van der Waals surface area contributed by atoms with Crippen molar-refractivity contribution in [1.29, 1.82) is 0 Å². The number of sulfonamides is 1. The molecule has 0 aliphatic carbocycles. The van der Waals surface area contributed by atoms with Gasteiger partial charge in [-0.15, -0.1) is 12.4 Å². The van der Waals surface area contributed by atoms with E-state index in [4.69, 9.17) is 0 Å². The van der Waals surface area contributed by atoms with E-state index in [0.29, 0.717) is 37.9 Å². The minimum Gasteiger partial charge on any atom is -0.317 e. The molecule has 9 heteroatoms. The Hall–Kier alpha value is -0.830. The topological polar surface area (TPSA) is 49.4 Å². The van der Waals surface area contributed by atoms with Crippen molar-refractivity contribution in [2.45, 2.75) is 30.8 Å². The van der Waals surface area contributed by atoms with Crippen LogP contribution < -0.4 is 5.32 Å². The van der Waals surface area contributed by atoms with Crippen LogP contribution >= 0.6 is 12.4 Å². The van der Waals surface area contributed by atoms with Crippen molar-refractivity contribution in [1.82, 2.24) is 9.62 Å². The van der Waals surface area contributed by atoms with Crippen LogP contribution in [0.3, 0.4) is 0 Å². The molecule has 1 aromatic rings. The van der Waals surface area contributed by atoms with Gasteiger partial charge >= 0.3 is 6.18 Å². The minimum atomic E-state index is -4.55. The monoisotopic (exact) mass is 386 g/mol. The van der Waals surface area contributed by atoms with Crippen LogP contribution in [0.25, 0.3) is 0 Å². The van der Waals surface area contributed by atoms with Crippen molar-refractivity contribution < 1.29 is 21.6 Å². The zero-order chi connectivity index (χ0) is 17.1. The van der Waals surface area contributed by atoms with Gasteiger partial charge in [-0.1, -0.05) is 13.0 Å². The Morgan fingerprint density at radius 1 is 1.25 bits per heavy atom. The van der Waals surface area contributed by atoms with Crippen molar-refractivity contribution in [3.8, 4) is 0 Å². The fourth-order valence-electron chi connectivity index (χ4n) is 2.68. The molecule has 1 N–H and O–H groups in total. The summed E-state index contributed by atoms with van der Waals surface area (Å²) in [6.07, 6.45) is -3.12. The molecule has 0 saturated carbocycles. The first-order chi connectivity index (χ1) is 10.7. The smallest absolute Gasteiger partial charge is 0.317 e. The number of alkyl halides is 3. The van der Waals surface area contributed by atoms with Crippen LogP contribution in [0.1, 0.15) is 25.3 Å². The quantitative estimate of drug-likeness (QED) is 0.845. The second-order valence-electron chi connectivity index (χ2n) is 5.68. The molecular formula is C15H22ClF3N2O2S. The zero-order valence-corrected chi connectivity index (χ0v) is 15.0. The molecule has 0 bridgehead atoms. The fourth-order valence-corrected chi connectivity index (χ4v) is 4.20. The summed E-state index contributed by atoms with van der Waals surface area (Å²) in [5.74, 6) is 0.405. The van der Waals surface area contributed by atoms with Gasteiger partial charge in [0.25, 0.3) is 0 Å². The summed E-state index contributed by atoms with van der Waals surface area (Å²) in [5.41, 5.74) is -0.944. The Morgan fingerprint density at radius 3 is 2.42 bits per heavy atom. The summed E-state index contributed by atoms with van der Waals surface area (Å²) in [6, 6.07) is 3.94. The van der Waals surface area contributed by atoms with Crippen molar-refractivity contribution >= 4 is 22.4 Å². The lowest BCUT2D eigenvalue weighted by molar-refractivity contribution is -0.137. The first-order valence-electron chi connectivity index (χ1n) is 7.63. The second-order valence-corrected chi connectivity index (χ2v) is 7.62. The summed E-state index contributed by atoms with van der Waals surface area (Å²) in [6.45, 7) is 4.40. The first-order valence-corrected chi connectivity index (χ1v) is 9.07. The fraction of sp³-hybridized carbons (Fsp3) is 0.600. The molecular weight excluding hydrogens is 365 g/mol. The Bertz CT molecular complexity index is 630. The van der Waals surface area contributed by atoms with Crippen LogP contribution in [0.2, 0.25) is 0 Å². The predicted octanol–water partition coefficient (Wildman–Crippen LogP) is 3.14. The molecule has 24 heavy (non-hydrogen) atoms. The number of nitrogens with zero attached hydrogens (tertiary/aromatic N) is 1. The molecule has 2 rings (SSSR count). The van der Waals surface area contributed by atoms with Crippen LogP contribution in [-0.2, 0) is 16.2 Å². The van der Waals surface area contributed by atoms with E-state index in [1.54, 1.807) is 0 Å². The van der Waals surface area contributed by atoms with Crippen molar-refractivity contribution in [2.24, 2.45) is 5.92 Å². The lowest BCUT2D eigenvalue weighted by Crippen LogP contribution is -2.40. The number of benzene rings is 1. The minimum absolute atomic E-state index is 0. The van der Waals surface area contributed by atoms with Gasteiger partial charge in [0.15, 0.2) is 0 Å². The number of nitrogens with one attached hydrogen (secondary N) is 1. The Balaban J connectivity index is 0.00000288. The standard InChI is InChI=1S/C15H21F3N2O2S.ClH/c1-2-19-11-12-6-8-20(9-7-12)23(21,22)14-5-3-4-13(10-14)15(16,17)18;/h3-5,10,12,19H,2,6-9,11H2,1H3;1H. The molecule has 1 heterocycles. The molecule has 1 fully saturated rings. The maximum atomic E-state index is 12.8. The molecule has 1 aliphatic rings. The average molecular weight is 387 g/mol. The van der Waals surface area contributed by atoms with Crippen molar-refractivity contribution in [2.75, 3.05) is 26.2 Å². The van der Waals surface area contributed by atoms with Crippen LogP contribution in [0.5, 0.6) is 0 Å². The van der Waals surface area contributed by atoms with Gasteiger partial charge < -0.3 is 5.32 Å². The summed E-state index contributed by atoms with van der Waals surface area (Å²) < 4.78 is 64.6. The summed E-state index contributed by atoms with van der Waals surface area (Å²) in [4.78, 5) is -0.294.